The summed E-state index contributed by atoms with van der Waals surface area (Å²) in [4.78, 5) is 20.5. The number of aliphatic imine (C=N–C) groups is 1. The van der Waals surface area contributed by atoms with Crippen LogP contribution >= 0.6 is 0 Å². The Bertz CT molecular complexity index is 709. The number of likely N-dealkylation sites (tertiary alicyclic amines) is 1. The quantitative estimate of drug-likeness (QED) is 0.497. The number of likely N-dealkylation sites (N-methyl/N-ethyl adjacent to an activating group) is 1. The van der Waals surface area contributed by atoms with E-state index in [2.05, 4.69) is 20.5 Å². The summed E-state index contributed by atoms with van der Waals surface area (Å²) in [5.41, 5.74) is 0.606. The van der Waals surface area contributed by atoms with Crippen molar-refractivity contribution >= 4 is 12.1 Å². The fourth-order valence-electron chi connectivity index (χ4n) is 2.81. The van der Waals surface area contributed by atoms with Gasteiger partial charge in [-0.3, -0.25) is 0 Å². The lowest BCUT2D eigenvalue weighted by Crippen LogP contribution is -2.63. The van der Waals surface area contributed by atoms with E-state index in [1.807, 2.05) is 66.1 Å². The molecule has 8 nitrogen and oxygen atoms in total. The van der Waals surface area contributed by atoms with Crippen LogP contribution in [0.3, 0.4) is 0 Å². The summed E-state index contributed by atoms with van der Waals surface area (Å²) >= 11 is 0. The third kappa shape index (κ3) is 8.49. The maximum atomic E-state index is 12.1. The highest BCUT2D eigenvalue weighted by Crippen LogP contribution is 2.16. The lowest BCUT2D eigenvalue weighted by molar-refractivity contribution is 0.00700. The molecular weight excluding hydrogens is 382 g/mol. The number of rotatable bonds is 8. The molecule has 30 heavy (non-hydrogen) atoms. The monoisotopic (exact) mass is 419 g/mol. The molecule has 0 bridgehead atoms. The maximum Gasteiger partial charge on any atom is 0.410 e. The Morgan fingerprint density at radius 2 is 2.03 bits per heavy atom. The van der Waals surface area contributed by atoms with E-state index in [1.54, 1.807) is 4.90 Å². The minimum Gasteiger partial charge on any atom is -0.492 e. The van der Waals surface area contributed by atoms with Crippen LogP contribution in [-0.4, -0.2) is 80.4 Å². The summed E-state index contributed by atoms with van der Waals surface area (Å²) in [6, 6.07) is 8.18. The van der Waals surface area contributed by atoms with Crippen LogP contribution in [0.25, 0.3) is 0 Å². The first-order chi connectivity index (χ1) is 14.2. The van der Waals surface area contributed by atoms with Gasteiger partial charge in [0.05, 0.1) is 12.6 Å². The van der Waals surface area contributed by atoms with Gasteiger partial charge in [-0.15, -0.1) is 0 Å². The lowest BCUT2D eigenvalue weighted by atomic mass is 10.1. The maximum absolute atomic E-state index is 12.1. The van der Waals surface area contributed by atoms with Gasteiger partial charge in [-0.2, -0.15) is 0 Å². The van der Waals surface area contributed by atoms with Crippen LogP contribution < -0.4 is 15.4 Å². The predicted octanol–water partition coefficient (Wildman–Crippen LogP) is 2.30. The molecule has 1 aromatic carbocycles. The summed E-state index contributed by atoms with van der Waals surface area (Å²) in [6.45, 7) is 11.7. The molecule has 1 aromatic rings. The third-order valence-electron chi connectivity index (χ3n) is 4.34. The number of amides is 1. The number of nitrogens with zero attached hydrogens (tertiary/aromatic N) is 3. The standard InChI is InChI=1S/C22H37N5O3/c1-7-23-20(25-18-15-27(16-18)21(28)30-22(2,3)4)24-14-17-9-8-10-19(13-17)29-12-11-26(5)6/h8-10,13,18H,7,11-12,14-16H2,1-6H3,(H2,23,24,25). The van der Waals surface area contributed by atoms with E-state index in [1.165, 1.54) is 0 Å². The number of ether oxygens (including phenoxy) is 2. The number of benzene rings is 1. The Balaban J connectivity index is 1.84. The highest BCUT2D eigenvalue weighted by atomic mass is 16.6. The molecule has 0 atom stereocenters. The van der Waals surface area contributed by atoms with E-state index in [4.69, 9.17) is 9.47 Å². The molecule has 0 aliphatic carbocycles. The van der Waals surface area contributed by atoms with E-state index >= 15 is 0 Å². The molecular formula is C22H37N5O3. The average molecular weight is 420 g/mol. The van der Waals surface area contributed by atoms with E-state index in [9.17, 15) is 4.79 Å². The molecule has 1 aliphatic rings. The van der Waals surface area contributed by atoms with Gasteiger partial charge in [-0.05, 0) is 59.5 Å². The predicted molar refractivity (Wildman–Crippen MR) is 120 cm³/mol. The molecule has 0 saturated carbocycles. The van der Waals surface area contributed by atoms with E-state index < -0.39 is 5.60 Å². The summed E-state index contributed by atoms with van der Waals surface area (Å²) in [5.74, 6) is 1.60. The van der Waals surface area contributed by atoms with Crippen molar-refractivity contribution in [2.45, 2.75) is 45.9 Å². The molecule has 0 aromatic heterocycles. The Morgan fingerprint density at radius 1 is 1.30 bits per heavy atom. The zero-order valence-corrected chi connectivity index (χ0v) is 19.2. The van der Waals surface area contributed by atoms with Crippen LogP contribution in [-0.2, 0) is 11.3 Å². The third-order valence-corrected chi connectivity index (χ3v) is 4.34. The topological polar surface area (TPSA) is 78.4 Å². The summed E-state index contributed by atoms with van der Waals surface area (Å²) in [6.07, 6.45) is -0.270. The first-order valence-electron chi connectivity index (χ1n) is 10.6. The highest BCUT2D eigenvalue weighted by Gasteiger charge is 2.34. The van der Waals surface area contributed by atoms with Gasteiger partial charge in [-0.1, -0.05) is 12.1 Å². The molecule has 0 unspecified atom stereocenters. The molecule has 0 spiro atoms. The molecule has 2 N–H and O–H groups in total. The molecule has 8 heteroatoms. The van der Waals surface area contributed by atoms with Gasteiger partial charge < -0.3 is 29.9 Å². The van der Waals surface area contributed by atoms with Crippen LogP contribution in [0.4, 0.5) is 4.79 Å². The number of nitrogens with one attached hydrogen (secondary N) is 2. The van der Waals surface area contributed by atoms with Gasteiger partial charge in [0.15, 0.2) is 5.96 Å². The number of hydrogen-bond donors (Lipinski definition) is 2. The highest BCUT2D eigenvalue weighted by molar-refractivity contribution is 5.80. The smallest absolute Gasteiger partial charge is 0.410 e. The molecule has 2 rings (SSSR count). The van der Waals surface area contributed by atoms with Crippen LogP contribution in [0.2, 0.25) is 0 Å². The minimum absolute atomic E-state index is 0.163. The second kappa shape index (κ2) is 11.1. The van der Waals surface area contributed by atoms with Crippen molar-refractivity contribution in [3.63, 3.8) is 0 Å². The fraction of sp³-hybridized carbons (Fsp3) is 0.636. The molecule has 1 fully saturated rings. The summed E-state index contributed by atoms with van der Waals surface area (Å²) < 4.78 is 11.2. The zero-order valence-electron chi connectivity index (χ0n) is 19.2. The van der Waals surface area contributed by atoms with Crippen LogP contribution in [0.1, 0.15) is 33.3 Å². The van der Waals surface area contributed by atoms with Gasteiger partial charge in [0.25, 0.3) is 0 Å². The van der Waals surface area contributed by atoms with Crippen LogP contribution in [0, 0.1) is 0 Å². The Morgan fingerprint density at radius 3 is 2.67 bits per heavy atom. The second-order valence-electron chi connectivity index (χ2n) is 8.72. The number of carbonyl (C=O) groups excluding carboxylic acids is 1. The van der Waals surface area contributed by atoms with Gasteiger partial charge in [0, 0.05) is 26.2 Å². The molecule has 1 amide bonds. The van der Waals surface area contributed by atoms with E-state index in [0.717, 1.165) is 30.4 Å². The first kappa shape index (κ1) is 23.8. The molecule has 1 aliphatic heterocycles. The van der Waals surface area contributed by atoms with E-state index in [-0.39, 0.29) is 12.1 Å². The molecule has 1 heterocycles. The summed E-state index contributed by atoms with van der Waals surface area (Å²) in [7, 11) is 4.05. The van der Waals surface area contributed by atoms with E-state index in [0.29, 0.717) is 26.2 Å². The van der Waals surface area contributed by atoms with Crippen molar-refractivity contribution in [1.82, 2.24) is 20.4 Å². The van der Waals surface area contributed by atoms with Crippen LogP contribution in [0.5, 0.6) is 5.75 Å². The minimum atomic E-state index is -0.475. The lowest BCUT2D eigenvalue weighted by Gasteiger charge is -2.40. The van der Waals surface area contributed by atoms with Crippen molar-refractivity contribution in [1.29, 1.82) is 0 Å². The van der Waals surface area contributed by atoms with Gasteiger partial charge in [0.2, 0.25) is 0 Å². The number of guanidine groups is 1. The SMILES string of the molecule is CCNC(=NCc1cccc(OCCN(C)C)c1)NC1CN(C(=O)OC(C)(C)C)C1. The van der Waals surface area contributed by atoms with Crippen molar-refractivity contribution in [2.75, 3.05) is 46.9 Å². The van der Waals surface area contributed by atoms with Gasteiger partial charge in [0.1, 0.15) is 18.0 Å². The zero-order chi connectivity index (χ0) is 22.1. The number of carbonyl (C=O) groups is 1. The first-order valence-corrected chi connectivity index (χ1v) is 10.6. The van der Waals surface area contributed by atoms with Crippen molar-refractivity contribution in [3.8, 4) is 5.75 Å². The fourth-order valence-corrected chi connectivity index (χ4v) is 2.81. The summed E-state index contributed by atoms with van der Waals surface area (Å²) in [5, 5.41) is 6.65. The normalized spacial score (nSPS) is 15.0. The molecule has 0 radical (unpaired) electrons. The van der Waals surface area contributed by atoms with Crippen molar-refractivity contribution < 1.29 is 14.3 Å². The van der Waals surface area contributed by atoms with Crippen molar-refractivity contribution in [2.24, 2.45) is 4.99 Å². The Hall–Kier alpha value is -2.48. The van der Waals surface area contributed by atoms with Gasteiger partial charge in [-0.25, -0.2) is 9.79 Å². The second-order valence-corrected chi connectivity index (χ2v) is 8.72. The Labute approximate surface area is 180 Å². The van der Waals surface area contributed by atoms with Crippen LogP contribution in [0.15, 0.2) is 29.3 Å². The van der Waals surface area contributed by atoms with Gasteiger partial charge >= 0.3 is 6.09 Å². The molecule has 168 valence electrons. The number of hydrogen-bond acceptors (Lipinski definition) is 5. The molecule has 1 saturated heterocycles. The van der Waals surface area contributed by atoms with Crippen molar-refractivity contribution in [3.05, 3.63) is 29.8 Å². The largest absolute Gasteiger partial charge is 0.492 e. The Kier molecular flexibility index (Phi) is 8.77. The average Bonchev–Trinajstić information content (AvgIpc) is 2.60.